The van der Waals surface area contributed by atoms with Crippen molar-refractivity contribution in [3.05, 3.63) is 35.2 Å². The molecule has 0 spiro atoms. The summed E-state index contributed by atoms with van der Waals surface area (Å²) >= 11 is 1.61. The molecule has 0 aliphatic carbocycles. The molecule has 4 heterocycles. The van der Waals surface area contributed by atoms with Gasteiger partial charge in [-0.2, -0.15) is 4.98 Å². The van der Waals surface area contributed by atoms with Crippen molar-refractivity contribution in [1.82, 2.24) is 30.1 Å². The maximum atomic E-state index is 5.70. The molecule has 0 aromatic carbocycles. The van der Waals surface area contributed by atoms with E-state index in [0.717, 1.165) is 37.5 Å². The van der Waals surface area contributed by atoms with E-state index in [1.807, 2.05) is 24.4 Å². The molecule has 0 radical (unpaired) electrons. The number of piperazine rings is 1. The summed E-state index contributed by atoms with van der Waals surface area (Å²) in [6, 6.07) is 4.13. The molecule has 1 aliphatic rings. The highest BCUT2D eigenvalue weighted by Crippen LogP contribution is 2.23. The molecular formula is C17H22N6O2S. The van der Waals surface area contributed by atoms with E-state index >= 15 is 0 Å². The highest BCUT2D eigenvalue weighted by atomic mass is 32.1. The second kappa shape index (κ2) is 7.65. The van der Waals surface area contributed by atoms with Gasteiger partial charge in [0.1, 0.15) is 0 Å². The van der Waals surface area contributed by atoms with E-state index in [9.17, 15) is 0 Å². The SMILES string of the molecule is CCc1nnc([C@H](C)N2CCN(Cc3nc(-c4cccs4)no3)CC2)o1. The molecule has 0 unspecified atom stereocenters. The van der Waals surface area contributed by atoms with Crippen molar-refractivity contribution in [3.63, 3.8) is 0 Å². The van der Waals surface area contributed by atoms with Crippen molar-refractivity contribution in [2.24, 2.45) is 0 Å². The van der Waals surface area contributed by atoms with Crippen molar-refractivity contribution in [2.75, 3.05) is 26.2 Å². The first kappa shape index (κ1) is 17.3. The average molecular weight is 374 g/mol. The first-order valence-corrected chi connectivity index (χ1v) is 9.76. The maximum absolute atomic E-state index is 5.70. The summed E-state index contributed by atoms with van der Waals surface area (Å²) in [5.41, 5.74) is 0. The van der Waals surface area contributed by atoms with Gasteiger partial charge in [-0.1, -0.05) is 18.1 Å². The molecule has 0 N–H and O–H groups in total. The number of rotatable bonds is 6. The quantitative estimate of drug-likeness (QED) is 0.651. The number of hydrogen-bond acceptors (Lipinski definition) is 9. The van der Waals surface area contributed by atoms with E-state index in [-0.39, 0.29) is 6.04 Å². The number of hydrogen-bond donors (Lipinski definition) is 0. The zero-order valence-corrected chi connectivity index (χ0v) is 15.8. The van der Waals surface area contributed by atoms with Crippen molar-refractivity contribution in [2.45, 2.75) is 32.9 Å². The molecule has 1 aliphatic heterocycles. The van der Waals surface area contributed by atoms with E-state index < -0.39 is 0 Å². The smallest absolute Gasteiger partial charge is 0.241 e. The molecule has 3 aromatic rings. The largest absolute Gasteiger partial charge is 0.424 e. The zero-order chi connectivity index (χ0) is 17.9. The number of aryl methyl sites for hydroxylation is 1. The van der Waals surface area contributed by atoms with E-state index in [0.29, 0.717) is 30.0 Å². The fraction of sp³-hybridized carbons (Fsp3) is 0.529. The molecular weight excluding hydrogens is 352 g/mol. The monoisotopic (exact) mass is 374 g/mol. The molecule has 26 heavy (non-hydrogen) atoms. The predicted molar refractivity (Wildman–Crippen MR) is 96.6 cm³/mol. The van der Waals surface area contributed by atoms with Gasteiger partial charge in [0.25, 0.3) is 0 Å². The Morgan fingerprint density at radius 2 is 2.04 bits per heavy atom. The van der Waals surface area contributed by atoms with Crippen molar-refractivity contribution < 1.29 is 8.94 Å². The van der Waals surface area contributed by atoms with Crippen LogP contribution < -0.4 is 0 Å². The highest BCUT2D eigenvalue weighted by Gasteiger charge is 2.26. The number of thiophene rings is 1. The van der Waals surface area contributed by atoms with Crippen LogP contribution in [0.5, 0.6) is 0 Å². The molecule has 8 nitrogen and oxygen atoms in total. The van der Waals surface area contributed by atoms with Gasteiger partial charge in [0.15, 0.2) is 0 Å². The lowest BCUT2D eigenvalue weighted by atomic mass is 10.2. The van der Waals surface area contributed by atoms with Gasteiger partial charge in [-0.15, -0.1) is 21.5 Å². The maximum Gasteiger partial charge on any atom is 0.241 e. The van der Waals surface area contributed by atoms with Gasteiger partial charge in [0.05, 0.1) is 17.5 Å². The van der Waals surface area contributed by atoms with Crippen LogP contribution in [-0.2, 0) is 13.0 Å². The number of aromatic nitrogens is 4. The summed E-state index contributed by atoms with van der Waals surface area (Å²) < 4.78 is 11.1. The average Bonchev–Trinajstić information content (AvgIpc) is 3.42. The van der Waals surface area contributed by atoms with Crippen molar-refractivity contribution >= 4 is 11.3 Å². The third-order valence-corrected chi connectivity index (χ3v) is 5.53. The van der Waals surface area contributed by atoms with E-state index in [1.165, 1.54) is 0 Å². The van der Waals surface area contributed by atoms with Gasteiger partial charge < -0.3 is 8.94 Å². The molecule has 1 saturated heterocycles. The third kappa shape index (κ3) is 3.69. The molecule has 0 amide bonds. The first-order chi connectivity index (χ1) is 12.7. The molecule has 1 fully saturated rings. The molecule has 9 heteroatoms. The third-order valence-electron chi connectivity index (χ3n) is 4.67. The standard InChI is InChI=1S/C17H22N6O2S/c1-3-14-19-20-17(24-14)12(2)23-8-6-22(7-9-23)11-15-18-16(21-25-15)13-5-4-10-26-13/h4-5,10,12H,3,6-9,11H2,1-2H3/t12-/m0/s1. The van der Waals surface area contributed by atoms with E-state index in [1.54, 1.807) is 11.3 Å². The van der Waals surface area contributed by atoms with Crippen LogP contribution in [0.25, 0.3) is 10.7 Å². The minimum atomic E-state index is 0.138. The van der Waals surface area contributed by atoms with Gasteiger partial charge in [-0.3, -0.25) is 9.80 Å². The van der Waals surface area contributed by atoms with Crippen LogP contribution in [0.4, 0.5) is 0 Å². The van der Waals surface area contributed by atoms with Gasteiger partial charge >= 0.3 is 0 Å². The Bertz CT molecular complexity index is 822. The highest BCUT2D eigenvalue weighted by molar-refractivity contribution is 7.13. The Kier molecular flexibility index (Phi) is 5.09. The van der Waals surface area contributed by atoms with Gasteiger partial charge in [-0.25, -0.2) is 0 Å². The summed E-state index contributed by atoms with van der Waals surface area (Å²) in [4.78, 5) is 10.2. The topological polar surface area (TPSA) is 84.3 Å². The summed E-state index contributed by atoms with van der Waals surface area (Å²) in [6.45, 7) is 8.58. The lowest BCUT2D eigenvalue weighted by Gasteiger charge is -2.36. The van der Waals surface area contributed by atoms with Crippen LogP contribution in [0.1, 0.15) is 37.6 Å². The van der Waals surface area contributed by atoms with Crippen molar-refractivity contribution in [3.8, 4) is 10.7 Å². The molecule has 4 rings (SSSR count). The lowest BCUT2D eigenvalue weighted by molar-refractivity contribution is 0.0806. The van der Waals surface area contributed by atoms with Gasteiger partial charge in [0, 0.05) is 32.6 Å². The second-order valence-corrected chi connectivity index (χ2v) is 7.31. The Balaban J connectivity index is 1.31. The molecule has 138 valence electrons. The van der Waals surface area contributed by atoms with Crippen LogP contribution in [-0.4, -0.2) is 56.3 Å². The summed E-state index contributed by atoms with van der Waals surface area (Å²) in [6.07, 6.45) is 0.769. The van der Waals surface area contributed by atoms with Gasteiger partial charge in [0.2, 0.25) is 23.5 Å². The minimum Gasteiger partial charge on any atom is -0.424 e. The Morgan fingerprint density at radius 1 is 1.19 bits per heavy atom. The number of nitrogens with zero attached hydrogens (tertiary/aromatic N) is 6. The fourth-order valence-corrected chi connectivity index (χ4v) is 3.71. The van der Waals surface area contributed by atoms with Crippen LogP contribution in [0.2, 0.25) is 0 Å². The van der Waals surface area contributed by atoms with Crippen LogP contribution in [0.3, 0.4) is 0 Å². The second-order valence-electron chi connectivity index (χ2n) is 6.36. The minimum absolute atomic E-state index is 0.138. The predicted octanol–water partition coefficient (Wildman–Crippen LogP) is 2.62. The lowest BCUT2D eigenvalue weighted by Crippen LogP contribution is -2.46. The summed E-state index contributed by atoms with van der Waals surface area (Å²) in [5, 5.41) is 14.3. The first-order valence-electron chi connectivity index (χ1n) is 8.88. The fourth-order valence-electron chi connectivity index (χ4n) is 3.06. The summed E-state index contributed by atoms with van der Waals surface area (Å²) in [7, 11) is 0. The molecule has 1 atom stereocenters. The Hall–Kier alpha value is -2.10. The molecule has 0 bridgehead atoms. The summed E-state index contributed by atoms with van der Waals surface area (Å²) in [5.74, 6) is 2.74. The normalized spacial score (nSPS) is 17.6. The van der Waals surface area contributed by atoms with Crippen LogP contribution >= 0.6 is 11.3 Å². The Morgan fingerprint density at radius 3 is 2.73 bits per heavy atom. The molecule has 0 saturated carbocycles. The Labute approximate surface area is 155 Å². The van der Waals surface area contributed by atoms with Crippen molar-refractivity contribution in [1.29, 1.82) is 0 Å². The van der Waals surface area contributed by atoms with E-state index in [4.69, 9.17) is 8.94 Å². The van der Waals surface area contributed by atoms with Gasteiger partial charge in [-0.05, 0) is 18.4 Å². The molecule has 3 aromatic heterocycles. The zero-order valence-electron chi connectivity index (χ0n) is 15.0. The van der Waals surface area contributed by atoms with Crippen LogP contribution in [0.15, 0.2) is 26.5 Å². The van der Waals surface area contributed by atoms with E-state index in [2.05, 4.69) is 37.1 Å². The van der Waals surface area contributed by atoms with Crippen LogP contribution in [0, 0.1) is 0 Å².